The van der Waals surface area contributed by atoms with Crippen LogP contribution in [-0.2, 0) is 28.9 Å². The van der Waals surface area contributed by atoms with Crippen molar-refractivity contribution in [3.8, 4) is 6.07 Å². The maximum absolute atomic E-state index is 12.7. The second-order valence-electron chi connectivity index (χ2n) is 7.39. The van der Waals surface area contributed by atoms with Crippen molar-refractivity contribution in [1.82, 2.24) is 9.55 Å². The van der Waals surface area contributed by atoms with Gasteiger partial charge in [-0.3, -0.25) is 4.79 Å². The molecular formula is C22H23ClN4O2S2. The third kappa shape index (κ3) is 4.90. The molecule has 3 aromatic rings. The number of nitriles is 1. The summed E-state index contributed by atoms with van der Waals surface area (Å²) >= 11 is 9.04. The summed E-state index contributed by atoms with van der Waals surface area (Å²) in [5.74, 6) is 0.0681. The molecule has 0 spiro atoms. The van der Waals surface area contributed by atoms with Crippen molar-refractivity contribution in [2.45, 2.75) is 43.8 Å². The van der Waals surface area contributed by atoms with Crippen LogP contribution in [0.25, 0.3) is 11.0 Å². The minimum atomic E-state index is -0.138. The maximum Gasteiger partial charge on any atom is 0.235 e. The molecule has 31 heavy (non-hydrogen) atoms. The van der Waals surface area contributed by atoms with E-state index in [2.05, 4.69) is 16.4 Å². The molecule has 1 aliphatic carbocycles. The van der Waals surface area contributed by atoms with Crippen LogP contribution in [0.1, 0.15) is 35.3 Å². The smallest absolute Gasteiger partial charge is 0.235 e. The first-order chi connectivity index (χ1) is 15.1. The first kappa shape index (κ1) is 22.2. The molecule has 1 amide bonds. The molecule has 9 heteroatoms. The third-order valence-electron chi connectivity index (χ3n) is 5.31. The van der Waals surface area contributed by atoms with Crippen LogP contribution in [0.4, 0.5) is 5.00 Å². The van der Waals surface area contributed by atoms with Crippen molar-refractivity contribution in [3.63, 3.8) is 0 Å². The SMILES string of the molecule is COCCn1c(SCC(=O)Nc2sc3c(c2C#N)CCCCC3)nc2cc(Cl)ccc21. The van der Waals surface area contributed by atoms with Crippen LogP contribution in [0.15, 0.2) is 23.4 Å². The van der Waals surface area contributed by atoms with Crippen LogP contribution in [0, 0.1) is 11.3 Å². The fourth-order valence-electron chi connectivity index (χ4n) is 3.83. The first-order valence-electron chi connectivity index (χ1n) is 10.2. The first-order valence-corrected chi connectivity index (χ1v) is 12.4. The number of thiophene rings is 1. The summed E-state index contributed by atoms with van der Waals surface area (Å²) in [7, 11) is 1.66. The Bertz CT molecular complexity index is 1150. The number of thioether (sulfide) groups is 1. The Hall–Kier alpha value is -2.05. The summed E-state index contributed by atoms with van der Waals surface area (Å²) in [4.78, 5) is 18.6. The lowest BCUT2D eigenvalue weighted by atomic mass is 10.1. The van der Waals surface area contributed by atoms with Gasteiger partial charge in [0.15, 0.2) is 5.16 Å². The van der Waals surface area contributed by atoms with Crippen LogP contribution in [-0.4, -0.2) is 34.9 Å². The summed E-state index contributed by atoms with van der Waals surface area (Å²) in [5.41, 5.74) is 3.52. The lowest BCUT2D eigenvalue weighted by molar-refractivity contribution is -0.113. The zero-order chi connectivity index (χ0) is 21.8. The number of methoxy groups -OCH3 is 1. The number of hydrogen-bond donors (Lipinski definition) is 1. The zero-order valence-corrected chi connectivity index (χ0v) is 19.6. The molecule has 0 radical (unpaired) electrons. The Balaban J connectivity index is 1.49. The molecule has 1 aromatic carbocycles. The number of anilines is 1. The van der Waals surface area contributed by atoms with E-state index in [1.165, 1.54) is 23.1 Å². The van der Waals surface area contributed by atoms with Gasteiger partial charge in [-0.2, -0.15) is 5.26 Å². The number of hydrogen-bond acceptors (Lipinski definition) is 6. The van der Waals surface area contributed by atoms with Gasteiger partial charge in [-0.05, 0) is 49.4 Å². The lowest BCUT2D eigenvalue weighted by Crippen LogP contribution is -2.15. The van der Waals surface area contributed by atoms with Gasteiger partial charge >= 0.3 is 0 Å². The van der Waals surface area contributed by atoms with Gasteiger partial charge < -0.3 is 14.6 Å². The number of halogens is 1. The number of imidazole rings is 1. The highest BCUT2D eigenvalue weighted by Crippen LogP contribution is 2.37. The molecule has 4 rings (SSSR count). The number of ether oxygens (including phenoxy) is 1. The number of fused-ring (bicyclic) bond motifs is 2. The molecule has 1 N–H and O–H groups in total. The minimum absolute atomic E-state index is 0.138. The molecule has 6 nitrogen and oxygen atoms in total. The Morgan fingerprint density at radius 3 is 3.03 bits per heavy atom. The summed E-state index contributed by atoms with van der Waals surface area (Å²) in [5, 5.41) is 14.7. The quantitative estimate of drug-likeness (QED) is 0.372. The van der Waals surface area contributed by atoms with E-state index in [0.29, 0.717) is 28.7 Å². The molecule has 162 valence electrons. The largest absolute Gasteiger partial charge is 0.383 e. The summed E-state index contributed by atoms with van der Waals surface area (Å²) in [6.45, 7) is 1.18. The van der Waals surface area contributed by atoms with Gasteiger partial charge in [0.2, 0.25) is 5.91 Å². The Kier molecular flexibility index (Phi) is 7.18. The van der Waals surface area contributed by atoms with Crippen LogP contribution in [0.5, 0.6) is 0 Å². The van der Waals surface area contributed by atoms with E-state index in [0.717, 1.165) is 47.4 Å². The van der Waals surface area contributed by atoms with Gasteiger partial charge in [0.1, 0.15) is 11.1 Å². The summed E-state index contributed by atoms with van der Waals surface area (Å²) in [6, 6.07) is 7.90. The predicted molar refractivity (Wildman–Crippen MR) is 126 cm³/mol. The number of benzene rings is 1. The topological polar surface area (TPSA) is 79.9 Å². The molecular weight excluding hydrogens is 452 g/mol. The standard InChI is InChI=1S/C22H23ClN4O2S2/c1-29-10-9-27-18-8-7-14(23)11-17(18)25-22(27)30-13-20(28)26-21-16(12-24)15-5-3-2-4-6-19(15)31-21/h7-8,11H,2-6,9-10,13H2,1H3,(H,26,28). The van der Waals surface area contributed by atoms with Gasteiger partial charge in [-0.15, -0.1) is 11.3 Å². The van der Waals surface area contributed by atoms with Crippen LogP contribution >= 0.6 is 34.7 Å². The Morgan fingerprint density at radius 2 is 2.23 bits per heavy atom. The highest BCUT2D eigenvalue weighted by molar-refractivity contribution is 7.99. The number of nitrogens with zero attached hydrogens (tertiary/aromatic N) is 3. The maximum atomic E-state index is 12.7. The number of aromatic nitrogens is 2. The van der Waals surface area contributed by atoms with Gasteiger partial charge in [-0.25, -0.2) is 4.98 Å². The van der Waals surface area contributed by atoms with Crippen LogP contribution in [0.2, 0.25) is 5.02 Å². The molecule has 0 bridgehead atoms. The lowest BCUT2D eigenvalue weighted by Gasteiger charge is -2.08. The molecule has 2 aromatic heterocycles. The van der Waals surface area contributed by atoms with Crippen molar-refractivity contribution in [2.75, 3.05) is 24.8 Å². The van der Waals surface area contributed by atoms with E-state index in [1.807, 2.05) is 22.8 Å². The van der Waals surface area contributed by atoms with E-state index in [9.17, 15) is 10.1 Å². The molecule has 2 heterocycles. The molecule has 0 unspecified atom stereocenters. The highest BCUT2D eigenvalue weighted by Gasteiger charge is 2.21. The van der Waals surface area contributed by atoms with Gasteiger partial charge in [0.25, 0.3) is 0 Å². The molecule has 0 aliphatic heterocycles. The average molecular weight is 475 g/mol. The van der Waals surface area contributed by atoms with Crippen LogP contribution < -0.4 is 5.32 Å². The van der Waals surface area contributed by atoms with E-state index < -0.39 is 0 Å². The second-order valence-corrected chi connectivity index (χ2v) is 9.87. The van der Waals surface area contributed by atoms with Crippen molar-refractivity contribution in [1.29, 1.82) is 5.26 Å². The second kappa shape index (κ2) is 10.0. The summed E-state index contributed by atoms with van der Waals surface area (Å²) < 4.78 is 7.27. The molecule has 0 saturated carbocycles. The Morgan fingerprint density at radius 1 is 1.39 bits per heavy atom. The van der Waals surface area contributed by atoms with Gasteiger partial charge in [-0.1, -0.05) is 29.8 Å². The highest BCUT2D eigenvalue weighted by atomic mass is 35.5. The number of carbonyl (C=O) groups is 1. The third-order valence-corrected chi connectivity index (χ3v) is 7.73. The number of carbonyl (C=O) groups excluding carboxylic acids is 1. The van der Waals surface area contributed by atoms with Crippen molar-refractivity contribution in [3.05, 3.63) is 39.2 Å². The van der Waals surface area contributed by atoms with Crippen LogP contribution in [0.3, 0.4) is 0 Å². The molecule has 0 fully saturated rings. The average Bonchev–Trinajstić information content (AvgIpc) is 3.17. The van der Waals surface area contributed by atoms with Gasteiger partial charge in [0.05, 0.1) is 29.0 Å². The molecule has 0 atom stereocenters. The Labute approximate surface area is 194 Å². The minimum Gasteiger partial charge on any atom is -0.383 e. The predicted octanol–water partition coefficient (Wildman–Crippen LogP) is 5.27. The molecule has 1 aliphatic rings. The van der Waals surface area contributed by atoms with E-state index in [4.69, 9.17) is 16.3 Å². The summed E-state index contributed by atoms with van der Waals surface area (Å²) in [6.07, 6.45) is 5.35. The monoisotopic (exact) mass is 474 g/mol. The van der Waals surface area contributed by atoms with Gasteiger partial charge in [0, 0.05) is 23.6 Å². The van der Waals surface area contributed by atoms with E-state index >= 15 is 0 Å². The number of rotatable bonds is 7. The number of aryl methyl sites for hydroxylation is 1. The normalized spacial score (nSPS) is 13.6. The fraction of sp³-hybridized carbons (Fsp3) is 0.409. The van der Waals surface area contributed by atoms with Crippen molar-refractivity contribution >= 4 is 56.6 Å². The van der Waals surface area contributed by atoms with E-state index in [-0.39, 0.29) is 11.7 Å². The number of amides is 1. The van der Waals surface area contributed by atoms with Crippen molar-refractivity contribution in [2.24, 2.45) is 0 Å². The zero-order valence-electron chi connectivity index (χ0n) is 17.2. The fourth-order valence-corrected chi connectivity index (χ4v) is 6.09. The van der Waals surface area contributed by atoms with Crippen molar-refractivity contribution < 1.29 is 9.53 Å². The molecule has 0 saturated heterocycles. The van der Waals surface area contributed by atoms with E-state index in [1.54, 1.807) is 18.4 Å². The number of nitrogens with one attached hydrogen (secondary N) is 1.